The summed E-state index contributed by atoms with van der Waals surface area (Å²) in [6.45, 7) is 16.0. The Hall–Kier alpha value is -6.11. The molecule has 8 rings (SSSR count). The Morgan fingerprint density at radius 3 is 2.37 bits per heavy atom. The van der Waals surface area contributed by atoms with Gasteiger partial charge in [0.2, 0.25) is 17.7 Å². The van der Waals surface area contributed by atoms with Gasteiger partial charge < -0.3 is 39.4 Å². The van der Waals surface area contributed by atoms with Gasteiger partial charge >= 0.3 is 0 Å². The van der Waals surface area contributed by atoms with Gasteiger partial charge in [-0.15, -0.1) is 32.9 Å². The van der Waals surface area contributed by atoms with Crippen LogP contribution in [0, 0.1) is 45.5 Å². The number of aliphatic hydroxyl groups excluding tert-OH is 1. The van der Waals surface area contributed by atoms with Gasteiger partial charge in [-0.1, -0.05) is 72.9 Å². The fourth-order valence-electron chi connectivity index (χ4n) is 8.93. The summed E-state index contributed by atoms with van der Waals surface area (Å²) in [7, 11) is 0. The predicted octanol–water partition coefficient (Wildman–Crippen LogP) is 7.41. The molecule has 4 aromatic heterocycles. The maximum absolute atomic E-state index is 13.8. The smallest absolute Gasteiger partial charge is 0.243 e. The van der Waals surface area contributed by atoms with Crippen molar-refractivity contribution in [1.82, 2.24) is 40.4 Å². The van der Waals surface area contributed by atoms with Gasteiger partial charge in [-0.3, -0.25) is 23.9 Å². The first-order valence-corrected chi connectivity index (χ1v) is 26.4. The van der Waals surface area contributed by atoms with E-state index < -0.39 is 24.1 Å². The number of ether oxygens (including phenoxy) is 3. The monoisotopic (exact) mass is 1050 g/mol. The molecule has 0 unspecified atom stereocenters. The number of β-amino-alcohol motifs (C(OH)–C–C–N with tert-alkyl or cyclic N) is 1. The minimum atomic E-state index is -0.817. The molecule has 6 aromatic rings. The van der Waals surface area contributed by atoms with Gasteiger partial charge in [0, 0.05) is 46.6 Å². The van der Waals surface area contributed by atoms with Crippen molar-refractivity contribution in [3.8, 4) is 27.3 Å². The standard InChI is InChI=1S/C53H60ClN9O8S2/c1-30(2)46(44-25-31(3)61-71-44)52(67)62-28-40(64)26-43(62)51(66)57-33(5)36-10-12-38(13-11-36)49-41(56-29-72-49)9-8-19-68-21-23-70-24-22-69-20-18-55-45(65)27-42-50-60-59-35(7)63(50)53-47(32(4)34(6)73-53)48(58-42)37-14-16-39(54)17-15-37/h10-17,25,29-30,33,40,42-43,46,64H,18-24,26-28H2,1-7H3,(H,55,65)(H,57,66)/t33-,40+,42-,43-,46+/m0/s1. The second-order valence-corrected chi connectivity index (χ2v) is 20.9. The summed E-state index contributed by atoms with van der Waals surface area (Å²) in [4.78, 5) is 53.9. The van der Waals surface area contributed by atoms with Crippen molar-refractivity contribution in [1.29, 1.82) is 0 Å². The Bertz CT molecular complexity index is 2990. The number of benzene rings is 2. The Morgan fingerprint density at radius 2 is 1.66 bits per heavy atom. The number of amides is 3. The van der Waals surface area contributed by atoms with E-state index in [0.29, 0.717) is 67.6 Å². The Labute approximate surface area is 437 Å². The Balaban J connectivity index is 0.727. The highest BCUT2D eigenvalue weighted by atomic mass is 35.5. The molecule has 2 aromatic carbocycles. The van der Waals surface area contributed by atoms with Gasteiger partial charge in [0.15, 0.2) is 5.82 Å². The Kier molecular flexibility index (Phi) is 17.7. The average Bonchev–Trinajstić information content (AvgIpc) is 4.21. The molecule has 3 N–H and O–H groups in total. The number of fused-ring (bicyclic) bond motifs is 3. The lowest BCUT2D eigenvalue weighted by molar-refractivity contribution is -0.141. The molecule has 384 valence electrons. The molecule has 6 heterocycles. The van der Waals surface area contributed by atoms with E-state index in [0.717, 1.165) is 49.2 Å². The third-order valence-corrected chi connectivity index (χ3v) is 15.1. The molecular formula is C53H60ClN9O8S2. The third kappa shape index (κ3) is 12.6. The summed E-state index contributed by atoms with van der Waals surface area (Å²) in [5.74, 6) is 6.45. The summed E-state index contributed by atoms with van der Waals surface area (Å²) in [6, 6.07) is 15.4. The van der Waals surface area contributed by atoms with Crippen LogP contribution in [0.15, 0.2) is 69.6 Å². The molecule has 3 amide bonds. The first-order chi connectivity index (χ1) is 35.2. The molecule has 1 fully saturated rings. The average molecular weight is 1050 g/mol. The zero-order chi connectivity index (χ0) is 51.8. The van der Waals surface area contributed by atoms with Crippen LogP contribution in [0.25, 0.3) is 15.4 Å². The number of likely N-dealkylation sites (tertiary alicyclic amines) is 1. The first-order valence-electron chi connectivity index (χ1n) is 24.3. The lowest BCUT2D eigenvalue weighted by Crippen LogP contribution is -2.48. The number of aromatic nitrogens is 5. The van der Waals surface area contributed by atoms with Crippen LogP contribution in [0.1, 0.15) is 108 Å². The lowest BCUT2D eigenvalue weighted by Gasteiger charge is -2.29. The van der Waals surface area contributed by atoms with E-state index in [2.05, 4.69) is 56.7 Å². The summed E-state index contributed by atoms with van der Waals surface area (Å²) in [5, 5.41) is 31.0. The number of thiazole rings is 1. The summed E-state index contributed by atoms with van der Waals surface area (Å²) >= 11 is 9.38. The molecule has 17 nitrogen and oxygen atoms in total. The zero-order valence-electron chi connectivity index (χ0n) is 41.9. The molecule has 20 heteroatoms. The summed E-state index contributed by atoms with van der Waals surface area (Å²) in [5.41, 5.74) is 8.71. The van der Waals surface area contributed by atoms with Crippen LogP contribution in [0.2, 0.25) is 5.02 Å². The molecule has 5 atom stereocenters. The topological polar surface area (TPSA) is 208 Å². The number of halogens is 1. The largest absolute Gasteiger partial charge is 0.391 e. The fraction of sp³-hybridized carbons (Fsp3) is 0.434. The summed E-state index contributed by atoms with van der Waals surface area (Å²) < 4.78 is 24.5. The molecule has 0 saturated carbocycles. The molecule has 73 heavy (non-hydrogen) atoms. The highest BCUT2D eigenvalue weighted by Gasteiger charge is 2.43. The second-order valence-electron chi connectivity index (χ2n) is 18.4. The van der Waals surface area contributed by atoms with E-state index in [-0.39, 0.29) is 55.7 Å². The third-order valence-electron chi connectivity index (χ3n) is 12.8. The molecule has 2 aliphatic rings. The van der Waals surface area contributed by atoms with Gasteiger partial charge in [0.05, 0.1) is 73.4 Å². The number of rotatable bonds is 20. The number of aryl methyl sites for hydroxylation is 3. The van der Waals surface area contributed by atoms with Crippen molar-refractivity contribution < 1.29 is 38.2 Å². The van der Waals surface area contributed by atoms with Crippen molar-refractivity contribution in [3.63, 3.8) is 0 Å². The maximum atomic E-state index is 13.8. The highest BCUT2D eigenvalue weighted by molar-refractivity contribution is 7.15. The number of carbonyl (C=O) groups is 3. The van der Waals surface area contributed by atoms with Gasteiger partial charge in [-0.05, 0) is 75.3 Å². The Morgan fingerprint density at radius 1 is 0.945 bits per heavy atom. The van der Waals surface area contributed by atoms with Crippen molar-refractivity contribution >= 4 is 57.7 Å². The van der Waals surface area contributed by atoms with Gasteiger partial charge in [-0.2, -0.15) is 0 Å². The predicted molar refractivity (Wildman–Crippen MR) is 279 cm³/mol. The van der Waals surface area contributed by atoms with Crippen LogP contribution in [-0.4, -0.2) is 123 Å². The van der Waals surface area contributed by atoms with E-state index in [9.17, 15) is 19.5 Å². The lowest BCUT2D eigenvalue weighted by atomic mass is 9.91. The van der Waals surface area contributed by atoms with Crippen LogP contribution < -0.4 is 10.6 Å². The zero-order valence-corrected chi connectivity index (χ0v) is 44.3. The number of hydrogen-bond donors (Lipinski definition) is 3. The second kappa shape index (κ2) is 24.3. The van der Waals surface area contributed by atoms with Crippen LogP contribution in [0.3, 0.4) is 0 Å². The molecule has 1 saturated heterocycles. The number of thiophene rings is 1. The quantitative estimate of drug-likeness (QED) is 0.0505. The summed E-state index contributed by atoms with van der Waals surface area (Å²) in [6.07, 6.45) is -0.573. The number of aliphatic hydroxyl groups is 1. The van der Waals surface area contributed by atoms with E-state index in [1.54, 1.807) is 29.8 Å². The fourth-order valence-corrected chi connectivity index (χ4v) is 11.0. The van der Waals surface area contributed by atoms with Crippen LogP contribution in [-0.2, 0) is 28.6 Å². The van der Waals surface area contributed by atoms with E-state index in [1.807, 2.05) is 80.8 Å². The first kappa shape index (κ1) is 53.2. The van der Waals surface area contributed by atoms with Gasteiger partial charge in [-0.25, -0.2) is 4.98 Å². The highest BCUT2D eigenvalue weighted by Crippen LogP contribution is 2.40. The van der Waals surface area contributed by atoms with Crippen LogP contribution >= 0.6 is 34.3 Å². The van der Waals surface area contributed by atoms with Crippen LogP contribution in [0.5, 0.6) is 0 Å². The minimum Gasteiger partial charge on any atom is -0.391 e. The van der Waals surface area contributed by atoms with E-state index in [4.69, 9.17) is 35.3 Å². The number of nitrogens with zero attached hydrogens (tertiary/aromatic N) is 7. The molecule has 0 radical (unpaired) electrons. The van der Waals surface area contributed by atoms with Crippen molar-refractivity contribution in [2.45, 2.75) is 91.5 Å². The number of carbonyl (C=O) groups excluding carboxylic acids is 3. The van der Waals surface area contributed by atoms with E-state index in [1.165, 1.54) is 21.1 Å². The van der Waals surface area contributed by atoms with Crippen LogP contribution in [0.4, 0.5) is 0 Å². The maximum Gasteiger partial charge on any atom is 0.243 e. The normalized spacial score (nSPS) is 17.0. The minimum absolute atomic E-state index is 0.0681. The van der Waals surface area contributed by atoms with Gasteiger partial charge in [0.25, 0.3) is 0 Å². The SMILES string of the molecule is Cc1cc([C@H](C(=O)N2C[C@H](O)C[C@H]2C(=O)N[C@@H](C)c2ccc(-c3scnc3C#CCOCCOCCOCCNC(=O)C[C@@H]3N=C(c4ccc(Cl)cc4)c4c(sc(C)c4C)-n4c(C)nnc43)cc2)C(C)C)on1. The molecule has 2 aliphatic heterocycles. The van der Waals surface area contributed by atoms with E-state index >= 15 is 0 Å². The molecule has 0 bridgehead atoms. The number of nitrogens with one attached hydrogen (secondary N) is 2. The van der Waals surface area contributed by atoms with Crippen molar-refractivity contribution in [2.24, 2.45) is 10.9 Å². The number of hydrogen-bond acceptors (Lipinski definition) is 15. The number of aliphatic imine (C=N–C) groups is 1. The molecule has 0 spiro atoms. The van der Waals surface area contributed by atoms with Crippen molar-refractivity contribution in [2.75, 3.05) is 52.7 Å². The van der Waals surface area contributed by atoms with Crippen molar-refractivity contribution in [3.05, 3.63) is 121 Å². The van der Waals surface area contributed by atoms with Gasteiger partial charge in [0.1, 0.15) is 46.9 Å². The molecule has 0 aliphatic carbocycles. The molecular weight excluding hydrogens is 990 g/mol.